The fraction of sp³-hybridized carbons (Fsp3) is 0.529. The molecule has 0 fully saturated rings. The van der Waals surface area contributed by atoms with Gasteiger partial charge in [0.2, 0.25) is 0 Å². The number of hydrogen-bond donors (Lipinski definition) is 1. The molecule has 1 aromatic carbocycles. The molecule has 0 aliphatic carbocycles. The van der Waals surface area contributed by atoms with Crippen molar-refractivity contribution in [3.8, 4) is 0 Å². The minimum absolute atomic E-state index is 0.734. The molecule has 1 unspecified atom stereocenters. The predicted molar refractivity (Wildman–Crippen MR) is 83.4 cm³/mol. The number of rotatable bonds is 7. The van der Waals surface area contributed by atoms with Gasteiger partial charge in [0.25, 0.3) is 0 Å². The van der Waals surface area contributed by atoms with Crippen molar-refractivity contribution in [3.05, 3.63) is 36.0 Å². The van der Waals surface area contributed by atoms with E-state index in [-0.39, 0.29) is 0 Å². The fourth-order valence-electron chi connectivity index (χ4n) is 2.47. The maximum absolute atomic E-state index is 3.50. The van der Waals surface area contributed by atoms with Crippen molar-refractivity contribution in [2.24, 2.45) is 5.92 Å². The molecule has 0 bridgehead atoms. The Labute approximate surface area is 116 Å². The Bertz CT molecular complexity index is 513. The topological polar surface area (TPSA) is 17.0 Å². The van der Waals surface area contributed by atoms with Crippen LogP contribution in [0.15, 0.2) is 30.5 Å². The molecular formula is C17H26N2. The summed E-state index contributed by atoms with van der Waals surface area (Å²) in [5.41, 5.74) is 2.78. The molecule has 2 rings (SSSR count). The molecule has 0 aliphatic rings. The van der Waals surface area contributed by atoms with Crippen molar-refractivity contribution in [3.63, 3.8) is 0 Å². The molecule has 0 radical (unpaired) electrons. The van der Waals surface area contributed by atoms with Gasteiger partial charge in [-0.1, -0.05) is 39.3 Å². The lowest BCUT2D eigenvalue weighted by Gasteiger charge is -2.12. The Hall–Kier alpha value is -1.28. The largest absolute Gasteiger partial charge is 0.347 e. The second-order valence-electron chi connectivity index (χ2n) is 5.51. The second kappa shape index (κ2) is 6.76. The number of fused-ring (bicyclic) bond motifs is 1. The summed E-state index contributed by atoms with van der Waals surface area (Å²) in [7, 11) is 0. The maximum atomic E-state index is 3.50. The van der Waals surface area contributed by atoms with E-state index in [1.54, 1.807) is 0 Å². The van der Waals surface area contributed by atoms with E-state index in [9.17, 15) is 0 Å². The molecule has 0 saturated carbocycles. The maximum Gasteiger partial charge on any atom is 0.0483 e. The zero-order valence-electron chi connectivity index (χ0n) is 12.4. The average molecular weight is 258 g/mol. The van der Waals surface area contributed by atoms with Crippen LogP contribution in [0.25, 0.3) is 10.9 Å². The summed E-state index contributed by atoms with van der Waals surface area (Å²) in [4.78, 5) is 0. The second-order valence-corrected chi connectivity index (χ2v) is 5.51. The van der Waals surface area contributed by atoms with Gasteiger partial charge in [-0.05, 0) is 36.6 Å². The normalized spacial score (nSPS) is 13.0. The minimum atomic E-state index is 0.734. The quantitative estimate of drug-likeness (QED) is 0.737. The summed E-state index contributed by atoms with van der Waals surface area (Å²) in [6, 6.07) is 8.92. The third-order valence-electron chi connectivity index (χ3n) is 3.85. The monoisotopic (exact) mass is 258 g/mol. The molecule has 1 heterocycles. The molecule has 0 amide bonds. The summed E-state index contributed by atoms with van der Waals surface area (Å²) >= 11 is 0. The highest BCUT2D eigenvalue weighted by molar-refractivity contribution is 5.83. The number of aromatic nitrogens is 1. The van der Waals surface area contributed by atoms with Gasteiger partial charge in [-0.25, -0.2) is 0 Å². The van der Waals surface area contributed by atoms with Crippen LogP contribution in [0.3, 0.4) is 0 Å². The molecule has 1 N–H and O–H groups in total. The van der Waals surface area contributed by atoms with E-state index in [0.29, 0.717) is 0 Å². The van der Waals surface area contributed by atoms with E-state index in [2.05, 4.69) is 61.1 Å². The van der Waals surface area contributed by atoms with Gasteiger partial charge in [0.1, 0.15) is 0 Å². The number of hydrogen-bond acceptors (Lipinski definition) is 1. The Balaban J connectivity index is 2.21. The zero-order valence-corrected chi connectivity index (χ0v) is 12.4. The van der Waals surface area contributed by atoms with Crippen LogP contribution >= 0.6 is 0 Å². The molecule has 104 valence electrons. The lowest BCUT2D eigenvalue weighted by molar-refractivity contribution is 0.477. The van der Waals surface area contributed by atoms with Crippen LogP contribution in [0, 0.1) is 5.92 Å². The Kier molecular flexibility index (Phi) is 5.03. The summed E-state index contributed by atoms with van der Waals surface area (Å²) in [5, 5.41) is 4.89. The summed E-state index contributed by atoms with van der Waals surface area (Å²) < 4.78 is 2.40. The van der Waals surface area contributed by atoms with Gasteiger partial charge >= 0.3 is 0 Å². The molecule has 0 spiro atoms. The first-order valence-electron chi connectivity index (χ1n) is 7.53. The van der Waals surface area contributed by atoms with Gasteiger partial charge in [-0.3, -0.25) is 0 Å². The van der Waals surface area contributed by atoms with E-state index < -0.39 is 0 Å². The SMILES string of the molecule is CCCNCc1cccc2c1ccn2CC(C)CC. The molecule has 0 aliphatic heterocycles. The van der Waals surface area contributed by atoms with Crippen LogP contribution in [0.4, 0.5) is 0 Å². The lowest BCUT2D eigenvalue weighted by Crippen LogP contribution is -2.13. The van der Waals surface area contributed by atoms with Crippen LogP contribution < -0.4 is 5.32 Å². The van der Waals surface area contributed by atoms with Crippen molar-refractivity contribution in [1.29, 1.82) is 0 Å². The molecule has 2 nitrogen and oxygen atoms in total. The highest BCUT2D eigenvalue weighted by Crippen LogP contribution is 2.21. The van der Waals surface area contributed by atoms with Crippen LogP contribution in [-0.4, -0.2) is 11.1 Å². The van der Waals surface area contributed by atoms with Crippen molar-refractivity contribution in [2.45, 2.75) is 46.7 Å². The van der Waals surface area contributed by atoms with Gasteiger partial charge in [0.05, 0.1) is 0 Å². The van der Waals surface area contributed by atoms with Crippen molar-refractivity contribution in [2.75, 3.05) is 6.54 Å². The van der Waals surface area contributed by atoms with Gasteiger partial charge in [-0.15, -0.1) is 0 Å². The van der Waals surface area contributed by atoms with E-state index in [4.69, 9.17) is 0 Å². The minimum Gasteiger partial charge on any atom is -0.347 e. The van der Waals surface area contributed by atoms with E-state index in [1.807, 2.05) is 0 Å². The standard InChI is InChI=1S/C17H26N2/c1-4-10-18-12-15-7-6-8-17-16(15)9-11-19(17)13-14(3)5-2/h6-9,11,14,18H,4-5,10,12-13H2,1-3H3. The van der Waals surface area contributed by atoms with Gasteiger partial charge in [-0.2, -0.15) is 0 Å². The molecular weight excluding hydrogens is 232 g/mol. The van der Waals surface area contributed by atoms with Crippen LogP contribution in [0.1, 0.15) is 39.2 Å². The first-order valence-corrected chi connectivity index (χ1v) is 7.53. The predicted octanol–water partition coefficient (Wildman–Crippen LogP) is 4.19. The van der Waals surface area contributed by atoms with Crippen LogP contribution in [-0.2, 0) is 13.1 Å². The van der Waals surface area contributed by atoms with Crippen LogP contribution in [0.5, 0.6) is 0 Å². The van der Waals surface area contributed by atoms with Gasteiger partial charge in [0, 0.05) is 30.2 Å². The smallest absolute Gasteiger partial charge is 0.0483 e. The Morgan fingerprint density at radius 1 is 1.21 bits per heavy atom. The van der Waals surface area contributed by atoms with Gasteiger partial charge in [0.15, 0.2) is 0 Å². The zero-order chi connectivity index (χ0) is 13.7. The van der Waals surface area contributed by atoms with E-state index in [1.165, 1.54) is 29.3 Å². The molecule has 1 aromatic heterocycles. The van der Waals surface area contributed by atoms with Crippen molar-refractivity contribution < 1.29 is 0 Å². The van der Waals surface area contributed by atoms with Gasteiger partial charge < -0.3 is 9.88 Å². The molecule has 19 heavy (non-hydrogen) atoms. The first-order chi connectivity index (χ1) is 9.26. The number of benzene rings is 1. The average Bonchev–Trinajstić information content (AvgIpc) is 2.83. The summed E-state index contributed by atoms with van der Waals surface area (Å²) in [6.45, 7) is 9.96. The van der Waals surface area contributed by atoms with Crippen molar-refractivity contribution >= 4 is 10.9 Å². The molecule has 2 aromatic rings. The van der Waals surface area contributed by atoms with E-state index in [0.717, 1.165) is 25.6 Å². The molecule has 0 saturated heterocycles. The van der Waals surface area contributed by atoms with Crippen molar-refractivity contribution in [1.82, 2.24) is 9.88 Å². The highest BCUT2D eigenvalue weighted by Gasteiger charge is 2.07. The molecule has 2 heteroatoms. The fourth-order valence-corrected chi connectivity index (χ4v) is 2.47. The van der Waals surface area contributed by atoms with Crippen LogP contribution in [0.2, 0.25) is 0 Å². The molecule has 1 atom stereocenters. The summed E-state index contributed by atoms with van der Waals surface area (Å²) in [5.74, 6) is 0.734. The number of nitrogens with zero attached hydrogens (tertiary/aromatic N) is 1. The first kappa shape index (κ1) is 14.1. The lowest BCUT2D eigenvalue weighted by atomic mass is 10.1. The Morgan fingerprint density at radius 3 is 2.79 bits per heavy atom. The highest BCUT2D eigenvalue weighted by atomic mass is 15.0. The Morgan fingerprint density at radius 2 is 2.05 bits per heavy atom. The number of nitrogens with one attached hydrogen (secondary N) is 1. The third kappa shape index (κ3) is 3.38. The summed E-state index contributed by atoms with van der Waals surface area (Å²) in [6.07, 6.45) is 4.66. The van der Waals surface area contributed by atoms with E-state index >= 15 is 0 Å². The third-order valence-corrected chi connectivity index (χ3v) is 3.85.